The summed E-state index contributed by atoms with van der Waals surface area (Å²) in [5, 5.41) is 2.99. The van der Waals surface area contributed by atoms with E-state index in [1.165, 1.54) is 22.5 Å². The third-order valence-corrected chi connectivity index (χ3v) is 6.74. The van der Waals surface area contributed by atoms with Gasteiger partial charge in [0.05, 0.1) is 15.6 Å². The molecule has 2 aromatic rings. The molecule has 146 valence electrons. The predicted molar refractivity (Wildman–Crippen MR) is 110 cm³/mol. The molecule has 0 saturated carbocycles. The molecule has 0 aliphatic heterocycles. The van der Waals surface area contributed by atoms with Crippen molar-refractivity contribution < 1.29 is 13.2 Å². The number of carbonyl (C=O) groups is 1. The van der Waals surface area contributed by atoms with Crippen molar-refractivity contribution in [3.63, 3.8) is 0 Å². The molecule has 0 aliphatic rings. The quantitative estimate of drug-likeness (QED) is 0.719. The Kier molecular flexibility index (Phi) is 7.03. The Morgan fingerprint density at radius 3 is 2.19 bits per heavy atom. The molecule has 0 spiro atoms. The summed E-state index contributed by atoms with van der Waals surface area (Å²) in [5.41, 5.74) is 1.88. The number of amides is 1. The molecule has 1 amide bonds. The fraction of sp³-hybridized carbons (Fsp3) is 0.350. The molecular formula is C20H25ClN2O3S. The molecule has 0 saturated heterocycles. The first-order valence-corrected chi connectivity index (χ1v) is 10.7. The largest absolute Gasteiger partial charge is 0.321 e. The third-order valence-electron chi connectivity index (χ3n) is 4.37. The molecule has 1 N–H and O–H groups in total. The summed E-state index contributed by atoms with van der Waals surface area (Å²) in [4.78, 5) is 12.6. The first-order chi connectivity index (χ1) is 12.7. The van der Waals surface area contributed by atoms with Crippen molar-refractivity contribution >= 4 is 33.2 Å². The summed E-state index contributed by atoms with van der Waals surface area (Å²) in [6, 6.07) is 11.6. The van der Waals surface area contributed by atoms with Crippen LogP contribution < -0.4 is 5.32 Å². The van der Waals surface area contributed by atoms with Crippen LogP contribution in [0.4, 0.5) is 5.69 Å². The maximum Gasteiger partial charge on any atom is 0.255 e. The van der Waals surface area contributed by atoms with Gasteiger partial charge in [0.1, 0.15) is 0 Å². The standard InChI is InChI=1S/C20H25ClN2O3S/c1-5-23(6-2)27(25,26)17-11-12-18(21)19(13-17)22-20(24)16-9-7-15(8-10-16)14(3)4/h7-14H,5-6H2,1-4H3,(H,22,24). The van der Waals surface area contributed by atoms with E-state index in [2.05, 4.69) is 19.2 Å². The Hall–Kier alpha value is -1.89. The molecule has 0 heterocycles. The predicted octanol–water partition coefficient (Wildman–Crippen LogP) is 4.75. The first kappa shape index (κ1) is 21.4. The highest BCUT2D eigenvalue weighted by molar-refractivity contribution is 7.89. The zero-order valence-corrected chi connectivity index (χ0v) is 17.6. The van der Waals surface area contributed by atoms with Crippen molar-refractivity contribution in [2.24, 2.45) is 0 Å². The zero-order valence-electron chi connectivity index (χ0n) is 16.0. The van der Waals surface area contributed by atoms with Crippen LogP contribution in [0.3, 0.4) is 0 Å². The van der Waals surface area contributed by atoms with Crippen molar-refractivity contribution in [3.8, 4) is 0 Å². The molecular weight excluding hydrogens is 384 g/mol. The minimum absolute atomic E-state index is 0.0982. The van der Waals surface area contributed by atoms with Gasteiger partial charge in [-0.1, -0.05) is 51.4 Å². The van der Waals surface area contributed by atoms with Crippen molar-refractivity contribution in [1.29, 1.82) is 0 Å². The Balaban J connectivity index is 2.30. The normalized spacial score (nSPS) is 11.8. The minimum Gasteiger partial charge on any atom is -0.321 e. The van der Waals surface area contributed by atoms with E-state index in [4.69, 9.17) is 11.6 Å². The molecule has 0 radical (unpaired) electrons. The number of sulfonamides is 1. The second kappa shape index (κ2) is 8.87. The molecule has 0 fully saturated rings. The smallest absolute Gasteiger partial charge is 0.255 e. The maximum atomic E-state index is 12.7. The highest BCUT2D eigenvalue weighted by Crippen LogP contribution is 2.27. The van der Waals surface area contributed by atoms with Gasteiger partial charge in [-0.05, 0) is 41.8 Å². The summed E-state index contributed by atoms with van der Waals surface area (Å²) >= 11 is 6.17. The Labute approximate surface area is 166 Å². The van der Waals surface area contributed by atoms with Crippen LogP contribution in [0.2, 0.25) is 5.02 Å². The van der Waals surface area contributed by atoms with Crippen LogP contribution in [-0.2, 0) is 10.0 Å². The molecule has 2 aromatic carbocycles. The molecule has 27 heavy (non-hydrogen) atoms. The average molecular weight is 409 g/mol. The van der Waals surface area contributed by atoms with Crippen LogP contribution >= 0.6 is 11.6 Å². The number of hydrogen-bond donors (Lipinski definition) is 1. The van der Waals surface area contributed by atoms with Crippen LogP contribution in [0.1, 0.15) is 49.5 Å². The van der Waals surface area contributed by atoms with Gasteiger partial charge in [0, 0.05) is 18.7 Å². The van der Waals surface area contributed by atoms with E-state index in [-0.39, 0.29) is 21.5 Å². The molecule has 7 heteroatoms. The number of hydrogen-bond acceptors (Lipinski definition) is 3. The summed E-state index contributed by atoms with van der Waals surface area (Å²) in [5.74, 6) is 0.0307. The monoisotopic (exact) mass is 408 g/mol. The van der Waals surface area contributed by atoms with Crippen molar-refractivity contribution in [3.05, 3.63) is 58.6 Å². The van der Waals surface area contributed by atoms with Gasteiger partial charge in [-0.15, -0.1) is 0 Å². The second-order valence-corrected chi connectivity index (χ2v) is 8.81. The fourth-order valence-corrected chi connectivity index (χ4v) is 4.34. The molecule has 0 atom stereocenters. The number of nitrogens with zero attached hydrogens (tertiary/aromatic N) is 1. The Morgan fingerprint density at radius 1 is 1.07 bits per heavy atom. The lowest BCUT2D eigenvalue weighted by molar-refractivity contribution is 0.102. The molecule has 2 rings (SSSR count). The molecule has 0 aromatic heterocycles. The summed E-state index contributed by atoms with van der Waals surface area (Å²) in [7, 11) is -3.63. The average Bonchev–Trinajstić information content (AvgIpc) is 2.64. The lowest BCUT2D eigenvalue weighted by Gasteiger charge is -2.19. The van der Waals surface area contributed by atoms with E-state index in [0.29, 0.717) is 24.6 Å². The van der Waals surface area contributed by atoms with Crippen molar-refractivity contribution in [2.75, 3.05) is 18.4 Å². The van der Waals surface area contributed by atoms with Crippen LogP contribution in [0.5, 0.6) is 0 Å². The lowest BCUT2D eigenvalue weighted by Crippen LogP contribution is -2.30. The lowest BCUT2D eigenvalue weighted by atomic mass is 10.0. The van der Waals surface area contributed by atoms with Gasteiger partial charge < -0.3 is 5.32 Å². The number of nitrogens with one attached hydrogen (secondary N) is 1. The van der Waals surface area contributed by atoms with E-state index in [1.54, 1.807) is 26.0 Å². The van der Waals surface area contributed by atoms with E-state index in [9.17, 15) is 13.2 Å². The number of anilines is 1. The third kappa shape index (κ3) is 4.89. The van der Waals surface area contributed by atoms with Crippen LogP contribution in [0, 0.1) is 0 Å². The van der Waals surface area contributed by atoms with Gasteiger partial charge in [0.2, 0.25) is 10.0 Å². The SMILES string of the molecule is CCN(CC)S(=O)(=O)c1ccc(Cl)c(NC(=O)c2ccc(C(C)C)cc2)c1. The van der Waals surface area contributed by atoms with E-state index < -0.39 is 10.0 Å². The van der Waals surface area contributed by atoms with Crippen LogP contribution in [0.15, 0.2) is 47.4 Å². The van der Waals surface area contributed by atoms with Crippen LogP contribution in [-0.4, -0.2) is 31.7 Å². The van der Waals surface area contributed by atoms with Gasteiger partial charge in [0.25, 0.3) is 5.91 Å². The van der Waals surface area contributed by atoms with Crippen molar-refractivity contribution in [2.45, 2.75) is 38.5 Å². The molecule has 5 nitrogen and oxygen atoms in total. The number of halogens is 1. The molecule has 0 aliphatic carbocycles. The van der Waals surface area contributed by atoms with Crippen molar-refractivity contribution in [1.82, 2.24) is 4.31 Å². The number of carbonyl (C=O) groups excluding carboxylic acids is 1. The van der Waals surface area contributed by atoms with E-state index in [0.717, 1.165) is 5.56 Å². The summed E-state index contributed by atoms with van der Waals surface area (Å²) in [6.07, 6.45) is 0. The van der Waals surface area contributed by atoms with E-state index in [1.807, 2.05) is 12.1 Å². The Morgan fingerprint density at radius 2 is 1.67 bits per heavy atom. The summed E-state index contributed by atoms with van der Waals surface area (Å²) in [6.45, 7) is 8.45. The van der Waals surface area contributed by atoms with Crippen LogP contribution in [0.25, 0.3) is 0 Å². The van der Waals surface area contributed by atoms with E-state index >= 15 is 0 Å². The van der Waals surface area contributed by atoms with Gasteiger partial charge >= 0.3 is 0 Å². The maximum absolute atomic E-state index is 12.7. The second-order valence-electron chi connectivity index (χ2n) is 6.46. The minimum atomic E-state index is -3.63. The molecule has 0 unspecified atom stereocenters. The Bertz CT molecular complexity index is 905. The van der Waals surface area contributed by atoms with Gasteiger partial charge in [-0.3, -0.25) is 4.79 Å². The van der Waals surface area contributed by atoms with Gasteiger partial charge in [-0.2, -0.15) is 4.31 Å². The fourth-order valence-electron chi connectivity index (χ4n) is 2.69. The zero-order chi connectivity index (χ0) is 20.2. The van der Waals surface area contributed by atoms with Gasteiger partial charge in [0.15, 0.2) is 0 Å². The highest BCUT2D eigenvalue weighted by atomic mass is 35.5. The first-order valence-electron chi connectivity index (χ1n) is 8.91. The molecule has 0 bridgehead atoms. The highest BCUT2D eigenvalue weighted by Gasteiger charge is 2.23. The topological polar surface area (TPSA) is 66.5 Å². The number of rotatable bonds is 7. The summed E-state index contributed by atoms with van der Waals surface area (Å²) < 4.78 is 26.7. The number of benzene rings is 2. The van der Waals surface area contributed by atoms with Gasteiger partial charge in [-0.25, -0.2) is 8.42 Å².